The van der Waals surface area contributed by atoms with E-state index in [2.05, 4.69) is 9.88 Å². The second kappa shape index (κ2) is 6.26. The predicted octanol–water partition coefficient (Wildman–Crippen LogP) is 2.41. The van der Waals surface area contributed by atoms with Crippen LogP contribution in [0.3, 0.4) is 0 Å². The molecule has 1 aliphatic heterocycles. The number of aliphatic carboxylic acids is 1. The van der Waals surface area contributed by atoms with E-state index in [4.69, 9.17) is 4.52 Å². The largest absolute Gasteiger partial charge is 0.480 e. The molecule has 0 radical (unpaired) electrons. The Balaban J connectivity index is 1.51. The fourth-order valence-corrected chi connectivity index (χ4v) is 6.36. The van der Waals surface area contributed by atoms with Crippen molar-refractivity contribution in [2.45, 2.75) is 28.9 Å². The van der Waals surface area contributed by atoms with Gasteiger partial charge >= 0.3 is 5.97 Å². The van der Waals surface area contributed by atoms with Gasteiger partial charge in [0.1, 0.15) is 22.1 Å². The molecule has 1 aromatic carbocycles. The molecule has 0 amide bonds. The summed E-state index contributed by atoms with van der Waals surface area (Å²) in [5, 5.41) is 13.5. The zero-order chi connectivity index (χ0) is 18.4. The first kappa shape index (κ1) is 17.3. The molecule has 0 saturated heterocycles. The van der Waals surface area contributed by atoms with Crippen LogP contribution in [0.25, 0.3) is 4.91 Å². The van der Waals surface area contributed by atoms with E-state index >= 15 is 0 Å². The number of hydrogen-bond donors (Lipinski definition) is 2. The predicted molar refractivity (Wildman–Crippen MR) is 96.7 cm³/mol. The fourth-order valence-electron chi connectivity index (χ4n) is 3.20. The van der Waals surface area contributed by atoms with Crippen molar-refractivity contribution in [2.75, 3.05) is 0 Å². The summed E-state index contributed by atoms with van der Waals surface area (Å²) >= 11 is 1.15. The summed E-state index contributed by atoms with van der Waals surface area (Å²) in [6, 6.07) is 10.8. The van der Waals surface area contributed by atoms with Gasteiger partial charge in [0, 0.05) is 16.9 Å². The summed E-state index contributed by atoms with van der Waals surface area (Å²) in [7, 11) is -3.84. The lowest BCUT2D eigenvalue weighted by Crippen LogP contribution is -2.47. The van der Waals surface area contributed by atoms with E-state index in [0.29, 0.717) is 10.6 Å². The van der Waals surface area contributed by atoms with Crippen molar-refractivity contribution >= 4 is 32.7 Å². The Morgan fingerprint density at radius 3 is 2.73 bits per heavy atom. The number of benzene rings is 1. The number of thioether (sulfide) groups is 1. The van der Waals surface area contributed by atoms with Crippen molar-refractivity contribution in [1.29, 1.82) is 0 Å². The lowest BCUT2D eigenvalue weighted by atomic mass is 10.1. The second-order valence-corrected chi connectivity index (χ2v) is 9.73. The van der Waals surface area contributed by atoms with E-state index in [1.165, 1.54) is 6.26 Å². The zero-order valence-corrected chi connectivity index (χ0v) is 15.2. The van der Waals surface area contributed by atoms with Gasteiger partial charge < -0.3 is 9.63 Å². The lowest BCUT2D eigenvalue weighted by Gasteiger charge is -2.19. The van der Waals surface area contributed by atoms with Crippen LogP contribution in [0, 0.1) is 0 Å². The van der Waals surface area contributed by atoms with E-state index < -0.39 is 26.1 Å². The molecule has 0 bridgehead atoms. The molecule has 3 atom stereocenters. The number of hydrogen-bond acceptors (Lipinski definition) is 6. The summed E-state index contributed by atoms with van der Waals surface area (Å²) < 4.78 is 32.1. The topological polar surface area (TPSA) is 110 Å². The van der Waals surface area contributed by atoms with E-state index in [1.807, 2.05) is 30.3 Å². The Kier molecular flexibility index (Phi) is 4.17. The average molecular weight is 392 g/mol. The van der Waals surface area contributed by atoms with Gasteiger partial charge in [-0.25, -0.2) is 8.42 Å². The molecule has 136 valence electrons. The summed E-state index contributed by atoms with van der Waals surface area (Å²) in [6.07, 6.45) is 3.73. The average Bonchev–Trinajstić information content (AvgIpc) is 3.01. The minimum Gasteiger partial charge on any atom is -0.480 e. The first-order valence-electron chi connectivity index (χ1n) is 8.01. The first-order chi connectivity index (χ1) is 12.4. The van der Waals surface area contributed by atoms with Gasteiger partial charge in [-0.2, -0.15) is 4.72 Å². The highest BCUT2D eigenvalue weighted by atomic mass is 32.3. The number of carboxylic acid groups (broad SMARTS) is 1. The molecule has 1 fully saturated rings. The molecule has 1 saturated carbocycles. The van der Waals surface area contributed by atoms with Gasteiger partial charge in [-0.05, 0) is 18.4 Å². The molecule has 26 heavy (non-hydrogen) atoms. The minimum atomic E-state index is -3.84. The number of carbonyl (C=O) groups is 1. The Hall–Kier alpha value is -2.10. The summed E-state index contributed by atoms with van der Waals surface area (Å²) in [4.78, 5) is 12.6. The van der Waals surface area contributed by atoms with Crippen LogP contribution < -0.4 is 4.72 Å². The van der Waals surface area contributed by atoms with Crippen LogP contribution in [0.15, 0.2) is 53.3 Å². The monoisotopic (exact) mass is 392 g/mol. The van der Waals surface area contributed by atoms with E-state index in [9.17, 15) is 18.3 Å². The Bertz CT molecular complexity index is 956. The van der Waals surface area contributed by atoms with Crippen molar-refractivity contribution in [3.05, 3.63) is 60.0 Å². The van der Waals surface area contributed by atoms with Gasteiger partial charge in [-0.3, -0.25) is 4.79 Å². The highest BCUT2D eigenvalue weighted by Gasteiger charge is 2.63. The molecule has 4 rings (SSSR count). The lowest BCUT2D eigenvalue weighted by molar-refractivity contribution is -0.140. The van der Waals surface area contributed by atoms with Gasteiger partial charge in [0.05, 0.1) is 0 Å². The summed E-state index contributed by atoms with van der Waals surface area (Å²) in [5.41, 5.74) is -0.0791. The van der Waals surface area contributed by atoms with Gasteiger partial charge in [0.15, 0.2) is 0 Å². The van der Waals surface area contributed by atoms with Crippen LogP contribution in [-0.2, 0) is 14.8 Å². The number of nitrogens with zero attached hydrogens (tertiary/aromatic N) is 1. The van der Waals surface area contributed by atoms with Crippen LogP contribution in [0.5, 0.6) is 0 Å². The summed E-state index contributed by atoms with van der Waals surface area (Å²) in [6.45, 7) is 0. The number of nitrogens with one attached hydrogen (secondary N) is 1. The van der Waals surface area contributed by atoms with Crippen LogP contribution >= 0.6 is 11.8 Å². The van der Waals surface area contributed by atoms with Crippen molar-refractivity contribution in [3.8, 4) is 0 Å². The van der Waals surface area contributed by atoms with Crippen LogP contribution in [0.2, 0.25) is 0 Å². The molecule has 1 aliphatic carbocycles. The third-order valence-electron chi connectivity index (χ3n) is 4.66. The molecule has 2 heterocycles. The van der Waals surface area contributed by atoms with E-state index in [-0.39, 0.29) is 18.8 Å². The van der Waals surface area contributed by atoms with Crippen LogP contribution in [-0.4, -0.2) is 34.8 Å². The highest BCUT2D eigenvalue weighted by Crippen LogP contribution is 2.53. The maximum atomic E-state index is 12.8. The van der Waals surface area contributed by atoms with Crippen molar-refractivity contribution in [1.82, 2.24) is 9.88 Å². The number of sulfonamides is 1. The minimum absolute atomic E-state index is 0.243. The van der Waals surface area contributed by atoms with E-state index in [1.54, 1.807) is 12.1 Å². The molecular weight excluding hydrogens is 376 g/mol. The number of carboxylic acids is 1. The molecule has 7 nitrogen and oxygen atoms in total. The standard InChI is InChI=1S/C17H16N2O5S2/c20-16(21)17(10-12(17)11-4-2-1-3-5-11)19-26(22,23)15-7-6-14(25-15)13-8-9-24-18-13/h1-6,8-9,12,15,19H,7,10H2,(H,20,21). The smallest absolute Gasteiger partial charge is 0.325 e. The Morgan fingerprint density at radius 2 is 2.08 bits per heavy atom. The van der Waals surface area contributed by atoms with Crippen LogP contribution in [0.1, 0.15) is 30.0 Å². The van der Waals surface area contributed by atoms with E-state index in [0.717, 1.165) is 17.3 Å². The van der Waals surface area contributed by atoms with Gasteiger partial charge in [0.2, 0.25) is 10.0 Å². The second-order valence-electron chi connectivity index (χ2n) is 6.33. The number of aromatic nitrogens is 1. The maximum Gasteiger partial charge on any atom is 0.325 e. The number of allylic oxidation sites excluding steroid dienone is 1. The number of rotatable bonds is 6. The van der Waals surface area contributed by atoms with Gasteiger partial charge in [0.25, 0.3) is 0 Å². The SMILES string of the molecule is O=C(O)C1(NS(=O)(=O)C2CC=C(c3ccon3)S2)CC1c1ccccc1. The molecule has 2 aromatic rings. The Labute approximate surface area is 154 Å². The molecule has 1 aromatic heterocycles. The van der Waals surface area contributed by atoms with Crippen LogP contribution in [0.4, 0.5) is 0 Å². The Morgan fingerprint density at radius 1 is 1.31 bits per heavy atom. The highest BCUT2D eigenvalue weighted by molar-refractivity contribution is 8.18. The molecule has 9 heteroatoms. The normalized spacial score (nSPS) is 27.9. The molecule has 2 aliphatic rings. The fraction of sp³-hybridized carbons (Fsp3) is 0.294. The van der Waals surface area contributed by atoms with Crippen molar-refractivity contribution < 1.29 is 22.8 Å². The van der Waals surface area contributed by atoms with Gasteiger partial charge in [-0.15, -0.1) is 11.8 Å². The quantitative estimate of drug-likeness (QED) is 0.777. The third kappa shape index (κ3) is 2.95. The maximum absolute atomic E-state index is 12.8. The van der Waals surface area contributed by atoms with Crippen molar-refractivity contribution in [3.63, 3.8) is 0 Å². The summed E-state index contributed by atoms with van der Waals surface area (Å²) in [5.74, 6) is -1.52. The molecule has 2 N–H and O–H groups in total. The zero-order valence-electron chi connectivity index (χ0n) is 13.5. The van der Waals surface area contributed by atoms with Gasteiger partial charge in [-0.1, -0.05) is 41.6 Å². The van der Waals surface area contributed by atoms with Crippen molar-refractivity contribution in [2.24, 2.45) is 0 Å². The molecule has 0 spiro atoms. The third-order valence-corrected chi connectivity index (χ3v) is 8.33. The molecule has 3 unspecified atom stereocenters. The first-order valence-corrected chi connectivity index (χ1v) is 10.4. The molecular formula is C17H16N2O5S2.